The SMILES string of the molecule is CCC/C=C/CC/C=C/CC/C=C/C(O)C(COP(=O)([O-])OCC[N+](C)(C)C)NC(=O)CCCCCCCCC/C=C\C/C=C\CCCCC. The first-order chi connectivity index (χ1) is 24.0. The van der Waals surface area contributed by atoms with Crippen molar-refractivity contribution in [2.45, 2.75) is 154 Å². The molecular weight excluding hydrogens is 647 g/mol. The molecule has 0 aliphatic carbocycles. The fourth-order valence-corrected chi connectivity index (χ4v) is 5.71. The predicted molar refractivity (Wildman–Crippen MR) is 210 cm³/mol. The third-order valence-corrected chi connectivity index (χ3v) is 9.12. The van der Waals surface area contributed by atoms with Crippen LogP contribution >= 0.6 is 7.82 Å². The average molecular weight is 723 g/mol. The number of hydrogen-bond acceptors (Lipinski definition) is 6. The Bertz CT molecular complexity index is 1000. The molecule has 0 radical (unpaired) electrons. The molecule has 9 heteroatoms. The fourth-order valence-electron chi connectivity index (χ4n) is 4.98. The number of nitrogens with zero attached hydrogens (tertiary/aromatic N) is 1. The van der Waals surface area contributed by atoms with E-state index in [1.807, 2.05) is 27.2 Å². The number of rotatable bonds is 34. The molecule has 1 amide bonds. The molecule has 0 saturated carbocycles. The molecular formula is C41H75N2O6P. The van der Waals surface area contributed by atoms with Gasteiger partial charge in [-0.15, -0.1) is 0 Å². The van der Waals surface area contributed by atoms with Crippen molar-refractivity contribution in [3.63, 3.8) is 0 Å². The molecule has 0 heterocycles. The van der Waals surface area contributed by atoms with Gasteiger partial charge >= 0.3 is 0 Å². The minimum absolute atomic E-state index is 0.0134. The normalized spacial score (nSPS) is 15.3. The number of aliphatic hydroxyl groups is 1. The Kier molecular flexibility index (Phi) is 31.9. The van der Waals surface area contributed by atoms with Gasteiger partial charge in [0.2, 0.25) is 5.91 Å². The molecule has 0 aromatic heterocycles. The number of amides is 1. The maximum absolute atomic E-state index is 12.8. The number of phosphoric ester groups is 1. The quantitative estimate of drug-likeness (QED) is 0.0297. The molecule has 0 spiro atoms. The highest BCUT2D eigenvalue weighted by molar-refractivity contribution is 7.45. The van der Waals surface area contributed by atoms with E-state index in [4.69, 9.17) is 9.05 Å². The van der Waals surface area contributed by atoms with Crippen LogP contribution < -0.4 is 10.2 Å². The molecule has 0 aliphatic rings. The average Bonchev–Trinajstić information content (AvgIpc) is 3.06. The maximum Gasteiger partial charge on any atom is 0.268 e. The zero-order valence-electron chi connectivity index (χ0n) is 32.6. The van der Waals surface area contributed by atoms with Gasteiger partial charge in [-0.2, -0.15) is 0 Å². The molecule has 0 bridgehead atoms. The number of allylic oxidation sites excluding steroid dienone is 9. The second-order valence-corrected chi connectivity index (χ2v) is 15.7. The second-order valence-electron chi connectivity index (χ2n) is 14.3. The van der Waals surface area contributed by atoms with Gasteiger partial charge in [-0.25, -0.2) is 0 Å². The van der Waals surface area contributed by atoms with Gasteiger partial charge in [0.15, 0.2) is 0 Å². The summed E-state index contributed by atoms with van der Waals surface area (Å²) in [4.78, 5) is 25.2. The van der Waals surface area contributed by atoms with Gasteiger partial charge in [-0.3, -0.25) is 9.36 Å². The number of hydrogen-bond donors (Lipinski definition) is 2. The van der Waals surface area contributed by atoms with Crippen LogP contribution in [0.5, 0.6) is 0 Å². The standard InChI is InChI=1S/C41H75N2O6P/c1-6-8-10-12-14-16-18-19-20-21-22-23-25-27-29-31-33-35-41(45)42-39(38-49-50(46,47)48-37-36-43(3,4)5)40(44)34-32-30-28-26-24-17-15-13-11-9-7-2/h11,13-14,16,19-20,24,26,32,34,39-40,44H,6-10,12,15,17-18,21-23,25,27-31,33,35-38H2,1-5H3,(H-,42,45,46,47)/b13-11+,16-14-,20-19-,26-24+,34-32+. The van der Waals surface area contributed by atoms with E-state index in [1.165, 1.54) is 51.4 Å². The number of phosphoric acid groups is 1. The molecule has 3 unspecified atom stereocenters. The van der Waals surface area contributed by atoms with E-state index < -0.39 is 26.6 Å². The third kappa shape index (κ3) is 34.6. The predicted octanol–water partition coefficient (Wildman–Crippen LogP) is 9.66. The lowest BCUT2D eigenvalue weighted by molar-refractivity contribution is -0.870. The van der Waals surface area contributed by atoms with Crippen molar-refractivity contribution in [2.75, 3.05) is 40.9 Å². The summed E-state index contributed by atoms with van der Waals surface area (Å²) in [6, 6.07) is -0.913. The Labute approximate surface area is 307 Å². The number of aliphatic hydroxyl groups excluding tert-OH is 1. The zero-order chi connectivity index (χ0) is 37.2. The summed E-state index contributed by atoms with van der Waals surface area (Å²) in [6.07, 6.45) is 41.2. The van der Waals surface area contributed by atoms with Gasteiger partial charge in [-0.05, 0) is 70.6 Å². The molecule has 2 N–H and O–H groups in total. The van der Waals surface area contributed by atoms with Crippen molar-refractivity contribution in [1.29, 1.82) is 0 Å². The van der Waals surface area contributed by atoms with Crippen LogP contribution in [0.3, 0.4) is 0 Å². The highest BCUT2D eigenvalue weighted by Gasteiger charge is 2.23. The van der Waals surface area contributed by atoms with Crippen LogP contribution in [0.2, 0.25) is 0 Å². The van der Waals surface area contributed by atoms with E-state index in [1.54, 1.807) is 6.08 Å². The lowest BCUT2D eigenvalue weighted by Crippen LogP contribution is -2.45. The van der Waals surface area contributed by atoms with Crippen LogP contribution in [0.1, 0.15) is 142 Å². The van der Waals surface area contributed by atoms with Gasteiger partial charge in [0.25, 0.3) is 7.82 Å². The highest BCUT2D eigenvalue weighted by Crippen LogP contribution is 2.38. The first-order valence-electron chi connectivity index (χ1n) is 19.7. The topological polar surface area (TPSA) is 108 Å². The van der Waals surface area contributed by atoms with Crippen LogP contribution in [-0.2, 0) is 18.4 Å². The Morgan fingerprint density at radius 3 is 1.80 bits per heavy atom. The van der Waals surface area contributed by atoms with Gasteiger partial charge in [0, 0.05) is 6.42 Å². The Hall–Kier alpha value is -1.80. The van der Waals surface area contributed by atoms with E-state index in [0.29, 0.717) is 17.4 Å². The highest BCUT2D eigenvalue weighted by atomic mass is 31.2. The van der Waals surface area contributed by atoms with Crippen LogP contribution in [0.15, 0.2) is 60.8 Å². The lowest BCUT2D eigenvalue weighted by Gasteiger charge is -2.29. The van der Waals surface area contributed by atoms with Crippen molar-refractivity contribution in [3.05, 3.63) is 60.8 Å². The first-order valence-corrected chi connectivity index (χ1v) is 21.1. The lowest BCUT2D eigenvalue weighted by atomic mass is 10.1. The van der Waals surface area contributed by atoms with Crippen molar-refractivity contribution < 1.29 is 32.9 Å². The van der Waals surface area contributed by atoms with E-state index in [0.717, 1.165) is 70.6 Å². The van der Waals surface area contributed by atoms with Crippen LogP contribution in [0, 0.1) is 0 Å². The number of quaternary nitrogens is 1. The smallest absolute Gasteiger partial charge is 0.268 e. The summed E-state index contributed by atoms with van der Waals surface area (Å²) < 4.78 is 23.0. The monoisotopic (exact) mass is 723 g/mol. The van der Waals surface area contributed by atoms with Crippen LogP contribution in [-0.4, -0.2) is 68.5 Å². The largest absolute Gasteiger partial charge is 0.756 e. The summed E-state index contributed by atoms with van der Waals surface area (Å²) in [5.74, 6) is -0.226. The summed E-state index contributed by atoms with van der Waals surface area (Å²) in [7, 11) is 1.21. The summed E-state index contributed by atoms with van der Waals surface area (Å²) in [6.45, 7) is 4.47. The van der Waals surface area contributed by atoms with E-state index in [2.05, 4.69) is 67.8 Å². The molecule has 0 aromatic rings. The van der Waals surface area contributed by atoms with Crippen molar-refractivity contribution in [2.24, 2.45) is 0 Å². The molecule has 0 fully saturated rings. The molecule has 0 aromatic carbocycles. The number of carbonyl (C=O) groups excluding carboxylic acids is 1. The minimum atomic E-state index is -4.59. The number of carbonyl (C=O) groups is 1. The van der Waals surface area contributed by atoms with Gasteiger partial charge < -0.3 is 28.8 Å². The third-order valence-electron chi connectivity index (χ3n) is 8.16. The maximum atomic E-state index is 12.8. The van der Waals surface area contributed by atoms with Gasteiger partial charge in [0.1, 0.15) is 13.2 Å². The molecule has 0 saturated heterocycles. The Morgan fingerprint density at radius 2 is 1.22 bits per heavy atom. The van der Waals surface area contributed by atoms with Crippen LogP contribution in [0.25, 0.3) is 0 Å². The molecule has 290 valence electrons. The van der Waals surface area contributed by atoms with E-state index in [9.17, 15) is 19.4 Å². The molecule has 3 atom stereocenters. The van der Waals surface area contributed by atoms with E-state index >= 15 is 0 Å². The summed E-state index contributed by atoms with van der Waals surface area (Å²) in [5, 5.41) is 13.7. The number of unbranched alkanes of at least 4 members (excludes halogenated alkanes) is 13. The van der Waals surface area contributed by atoms with Crippen molar-refractivity contribution in [1.82, 2.24) is 5.32 Å². The van der Waals surface area contributed by atoms with E-state index in [-0.39, 0.29) is 12.5 Å². The molecule has 0 aliphatic heterocycles. The van der Waals surface area contributed by atoms with Gasteiger partial charge in [-0.1, -0.05) is 126 Å². The Morgan fingerprint density at radius 1 is 0.700 bits per heavy atom. The van der Waals surface area contributed by atoms with Crippen molar-refractivity contribution >= 4 is 13.7 Å². The van der Waals surface area contributed by atoms with Gasteiger partial charge in [0.05, 0.1) is 39.9 Å². The van der Waals surface area contributed by atoms with Crippen molar-refractivity contribution in [3.8, 4) is 0 Å². The number of likely N-dealkylation sites (N-methyl/N-ethyl adjacent to an activating group) is 1. The summed E-state index contributed by atoms with van der Waals surface area (Å²) >= 11 is 0. The summed E-state index contributed by atoms with van der Waals surface area (Å²) in [5.41, 5.74) is 0. The number of nitrogens with one attached hydrogen (secondary N) is 1. The zero-order valence-corrected chi connectivity index (χ0v) is 33.5. The first kappa shape index (κ1) is 48.2. The van der Waals surface area contributed by atoms with Crippen LogP contribution in [0.4, 0.5) is 0 Å². The molecule has 50 heavy (non-hydrogen) atoms. The molecule has 8 nitrogen and oxygen atoms in total. The Balaban J connectivity index is 4.54. The second kappa shape index (κ2) is 33.1. The fraction of sp³-hybridized carbons (Fsp3) is 0.732. The molecule has 0 rings (SSSR count). The minimum Gasteiger partial charge on any atom is -0.756 e.